The lowest BCUT2D eigenvalue weighted by Gasteiger charge is -2.46. The number of hydrogen-bond acceptors (Lipinski definition) is 6. The van der Waals surface area contributed by atoms with Gasteiger partial charge in [0.25, 0.3) is 0 Å². The van der Waals surface area contributed by atoms with Crippen LogP contribution < -0.4 is 18.9 Å². The highest BCUT2D eigenvalue weighted by molar-refractivity contribution is 6.68. The molecule has 36 heavy (non-hydrogen) atoms. The zero-order valence-electron chi connectivity index (χ0n) is 20.2. The van der Waals surface area contributed by atoms with Crippen molar-refractivity contribution in [2.75, 3.05) is 46.7 Å². The van der Waals surface area contributed by atoms with Gasteiger partial charge in [0, 0.05) is 29.9 Å². The van der Waals surface area contributed by atoms with Gasteiger partial charge in [-0.1, -0.05) is 47.3 Å². The molecular weight excluding hydrogens is 523 g/mol. The number of benzene rings is 2. The van der Waals surface area contributed by atoms with Gasteiger partial charge in [0.05, 0.1) is 7.11 Å². The zero-order chi connectivity index (χ0) is 24.9. The quantitative estimate of drug-likeness (QED) is 0.420. The smallest absolute Gasteiger partial charge is 0.231 e. The molecule has 4 aliphatic heterocycles. The fourth-order valence-corrected chi connectivity index (χ4v) is 6.47. The highest BCUT2D eigenvalue weighted by Gasteiger charge is 2.46. The number of alkyl halides is 3. The number of hydrogen-bond donors (Lipinski definition) is 0. The molecule has 4 heterocycles. The molecule has 2 aromatic carbocycles. The van der Waals surface area contributed by atoms with Crippen LogP contribution in [0.2, 0.25) is 0 Å². The standard InChI is InChI=1S/C27H29Cl3N2O4/c1-33-21-6-5-18-13-20-19-15-23-22(35-16-36-23)14-17(19)7-10-32(20)26(27(28,29)30)24(18)25(21)34-12-11-31-8-3-2-4-9-31/h5-6,13-15,26H,2-4,7-12,16H2,1H3/t26-/m1/s1. The maximum atomic E-state index is 6.72. The second kappa shape index (κ2) is 9.71. The first-order valence-corrected chi connectivity index (χ1v) is 13.6. The van der Waals surface area contributed by atoms with E-state index in [1.54, 1.807) is 7.11 Å². The van der Waals surface area contributed by atoms with Crippen molar-refractivity contribution < 1.29 is 18.9 Å². The van der Waals surface area contributed by atoms with Gasteiger partial charge in [-0.25, -0.2) is 0 Å². The van der Waals surface area contributed by atoms with E-state index in [4.69, 9.17) is 53.8 Å². The van der Waals surface area contributed by atoms with Crippen molar-refractivity contribution in [3.05, 3.63) is 46.5 Å². The predicted octanol–water partition coefficient (Wildman–Crippen LogP) is 6.07. The van der Waals surface area contributed by atoms with Gasteiger partial charge < -0.3 is 23.8 Å². The van der Waals surface area contributed by atoms with Crippen LogP contribution >= 0.6 is 34.8 Å². The summed E-state index contributed by atoms with van der Waals surface area (Å²) in [6.45, 7) is 4.56. The highest BCUT2D eigenvalue weighted by atomic mass is 35.6. The molecule has 2 aromatic rings. The second-order valence-electron chi connectivity index (χ2n) is 9.63. The summed E-state index contributed by atoms with van der Waals surface area (Å²) in [7, 11) is 1.65. The number of likely N-dealkylation sites (tertiary alicyclic amines) is 1. The number of fused-ring (bicyclic) bond motifs is 5. The Labute approximate surface area is 226 Å². The Morgan fingerprint density at radius 3 is 2.56 bits per heavy atom. The van der Waals surface area contributed by atoms with E-state index in [-0.39, 0.29) is 6.79 Å². The number of nitrogens with zero attached hydrogens (tertiary/aromatic N) is 2. The second-order valence-corrected chi connectivity index (χ2v) is 12.0. The Morgan fingerprint density at radius 1 is 1.03 bits per heavy atom. The Balaban J connectivity index is 1.41. The number of halogens is 3. The first-order valence-electron chi connectivity index (χ1n) is 12.5. The molecule has 0 spiro atoms. The van der Waals surface area contributed by atoms with Crippen molar-refractivity contribution in [1.29, 1.82) is 0 Å². The van der Waals surface area contributed by atoms with Crippen LogP contribution in [0.4, 0.5) is 0 Å². The molecule has 1 saturated heterocycles. The Morgan fingerprint density at radius 2 is 1.81 bits per heavy atom. The van der Waals surface area contributed by atoms with Gasteiger partial charge in [0.15, 0.2) is 23.0 Å². The monoisotopic (exact) mass is 550 g/mol. The van der Waals surface area contributed by atoms with Crippen molar-refractivity contribution in [3.8, 4) is 23.0 Å². The molecule has 6 nitrogen and oxygen atoms in total. The minimum atomic E-state index is -1.60. The summed E-state index contributed by atoms with van der Waals surface area (Å²) in [5.41, 5.74) is 5.07. The SMILES string of the molecule is COc1ccc2c(c1OCCN1CCCCC1)[C@H](C(Cl)(Cl)Cl)N1CCc3cc4c(cc3C1=C2)OCO4. The van der Waals surface area contributed by atoms with E-state index in [1.165, 1.54) is 24.8 Å². The third kappa shape index (κ3) is 4.36. The molecule has 0 amide bonds. The molecule has 0 N–H and O–H groups in total. The summed E-state index contributed by atoms with van der Waals surface area (Å²) >= 11 is 20.1. The lowest BCUT2D eigenvalue weighted by molar-refractivity contribution is 0.174. The van der Waals surface area contributed by atoms with Crippen LogP contribution in [0.3, 0.4) is 0 Å². The van der Waals surface area contributed by atoms with Gasteiger partial charge in [0.1, 0.15) is 12.6 Å². The minimum absolute atomic E-state index is 0.235. The summed E-state index contributed by atoms with van der Waals surface area (Å²) in [4.78, 5) is 4.62. The molecule has 0 unspecified atom stereocenters. The first kappa shape index (κ1) is 24.4. The highest BCUT2D eigenvalue weighted by Crippen LogP contribution is 2.56. The van der Waals surface area contributed by atoms with E-state index in [9.17, 15) is 0 Å². The molecular formula is C27H29Cl3N2O4. The summed E-state index contributed by atoms with van der Waals surface area (Å²) in [6, 6.07) is 7.51. The normalized spacial score (nSPS) is 20.8. The van der Waals surface area contributed by atoms with Gasteiger partial charge >= 0.3 is 0 Å². The van der Waals surface area contributed by atoms with Crippen molar-refractivity contribution in [2.24, 2.45) is 0 Å². The van der Waals surface area contributed by atoms with Gasteiger partial charge in [-0.2, -0.15) is 0 Å². The number of methoxy groups -OCH3 is 1. The number of rotatable bonds is 5. The Bertz CT molecular complexity index is 1190. The molecule has 0 aromatic heterocycles. The van der Waals surface area contributed by atoms with Crippen LogP contribution in [-0.4, -0.2) is 60.3 Å². The number of piperidine rings is 1. The van der Waals surface area contributed by atoms with E-state index >= 15 is 0 Å². The summed E-state index contributed by atoms with van der Waals surface area (Å²) in [5.74, 6) is 2.81. The Kier molecular flexibility index (Phi) is 6.57. The van der Waals surface area contributed by atoms with Crippen LogP contribution in [0.25, 0.3) is 11.8 Å². The van der Waals surface area contributed by atoms with Crippen LogP contribution in [0.1, 0.15) is 47.6 Å². The average Bonchev–Trinajstić information content (AvgIpc) is 3.33. The topological polar surface area (TPSA) is 43.4 Å². The van der Waals surface area contributed by atoms with Crippen LogP contribution in [0.15, 0.2) is 24.3 Å². The van der Waals surface area contributed by atoms with Crippen molar-refractivity contribution in [3.63, 3.8) is 0 Å². The molecule has 0 aliphatic carbocycles. The van der Waals surface area contributed by atoms with Crippen molar-refractivity contribution in [1.82, 2.24) is 9.80 Å². The molecule has 1 atom stereocenters. The van der Waals surface area contributed by atoms with Crippen LogP contribution in [0.5, 0.6) is 23.0 Å². The van der Waals surface area contributed by atoms with Gasteiger partial charge in [0.2, 0.25) is 10.6 Å². The molecule has 4 aliphatic rings. The first-order chi connectivity index (χ1) is 17.4. The van der Waals surface area contributed by atoms with E-state index in [2.05, 4.69) is 21.9 Å². The lowest BCUT2D eigenvalue weighted by atomic mass is 9.86. The summed E-state index contributed by atoms with van der Waals surface area (Å²) in [6.07, 6.45) is 6.73. The molecule has 192 valence electrons. The van der Waals surface area contributed by atoms with E-state index in [0.717, 1.165) is 59.9 Å². The van der Waals surface area contributed by atoms with E-state index in [0.29, 0.717) is 24.7 Å². The van der Waals surface area contributed by atoms with Gasteiger partial charge in [-0.05, 0) is 67.8 Å². The van der Waals surface area contributed by atoms with E-state index < -0.39 is 9.83 Å². The number of ether oxygens (including phenoxy) is 4. The molecule has 6 rings (SSSR count). The van der Waals surface area contributed by atoms with Crippen molar-refractivity contribution >= 4 is 46.6 Å². The molecule has 0 bridgehead atoms. The maximum Gasteiger partial charge on any atom is 0.231 e. The fourth-order valence-electron chi connectivity index (χ4n) is 5.79. The fraction of sp³-hybridized carbons (Fsp3) is 0.481. The molecule has 9 heteroatoms. The predicted molar refractivity (Wildman–Crippen MR) is 143 cm³/mol. The molecule has 1 fully saturated rings. The summed E-state index contributed by atoms with van der Waals surface area (Å²) < 4.78 is 21.8. The maximum absolute atomic E-state index is 6.72. The van der Waals surface area contributed by atoms with Crippen molar-refractivity contribution in [2.45, 2.75) is 35.5 Å². The van der Waals surface area contributed by atoms with Gasteiger partial charge in [-0.3, -0.25) is 4.90 Å². The average molecular weight is 552 g/mol. The lowest BCUT2D eigenvalue weighted by Crippen LogP contribution is -2.41. The molecule has 0 radical (unpaired) electrons. The third-order valence-corrected chi connectivity index (χ3v) is 8.13. The van der Waals surface area contributed by atoms with Crippen LogP contribution in [0, 0.1) is 0 Å². The Hall–Kier alpha value is -1.99. The van der Waals surface area contributed by atoms with Crippen LogP contribution in [-0.2, 0) is 6.42 Å². The zero-order valence-corrected chi connectivity index (χ0v) is 22.5. The third-order valence-electron chi connectivity index (χ3n) is 7.51. The van der Waals surface area contributed by atoms with E-state index in [1.807, 2.05) is 18.2 Å². The largest absolute Gasteiger partial charge is 0.493 e. The summed E-state index contributed by atoms with van der Waals surface area (Å²) in [5, 5.41) is 0. The van der Waals surface area contributed by atoms with Gasteiger partial charge in [-0.15, -0.1) is 0 Å². The molecule has 0 saturated carbocycles. The minimum Gasteiger partial charge on any atom is -0.493 e.